The molecule has 0 aromatic heterocycles. The maximum Gasteiger partial charge on any atom is 0.318 e. The molecule has 0 unspecified atom stereocenters. The second-order valence-corrected chi connectivity index (χ2v) is 7.24. The molecule has 160 valence electrons. The standard InChI is InChI=1S/C18H32N4O6/c1-5-11(3)13(15(23)24)19-17(27)21-7-9-22(10-8-21)18(28)20-14(16(25)26)12(4)6-2/h11-14H,5-10H2,1-4H3,(H,19,27)(H,20,28)(H,23,24)(H,25,26)/p-2/t11-,12-,13-,14-/m0/s1. The van der Waals surface area contributed by atoms with Crippen molar-refractivity contribution in [3.8, 4) is 0 Å². The Bertz CT molecular complexity index is 526. The molecule has 1 aliphatic rings. The fourth-order valence-electron chi connectivity index (χ4n) is 2.90. The number of carboxylic acid groups (broad SMARTS) is 2. The molecule has 1 saturated heterocycles. The highest BCUT2D eigenvalue weighted by Crippen LogP contribution is 2.11. The van der Waals surface area contributed by atoms with Gasteiger partial charge in [0.05, 0.1) is 24.0 Å². The van der Waals surface area contributed by atoms with Crippen molar-refractivity contribution in [1.29, 1.82) is 0 Å². The molecule has 1 rings (SSSR count). The molecule has 0 aromatic rings. The minimum Gasteiger partial charge on any atom is -0.548 e. The number of hydrogen-bond donors (Lipinski definition) is 2. The lowest BCUT2D eigenvalue weighted by molar-refractivity contribution is -0.310. The summed E-state index contributed by atoms with van der Waals surface area (Å²) in [5.41, 5.74) is 0. The molecule has 28 heavy (non-hydrogen) atoms. The van der Waals surface area contributed by atoms with E-state index in [1.807, 2.05) is 13.8 Å². The summed E-state index contributed by atoms with van der Waals surface area (Å²) < 4.78 is 0. The molecule has 4 amide bonds. The molecule has 0 aliphatic carbocycles. The zero-order valence-corrected chi connectivity index (χ0v) is 16.9. The number of amides is 4. The molecule has 2 N–H and O–H groups in total. The minimum atomic E-state index is -1.33. The molecule has 1 aliphatic heterocycles. The van der Waals surface area contributed by atoms with E-state index in [0.717, 1.165) is 0 Å². The van der Waals surface area contributed by atoms with Crippen LogP contribution in [-0.4, -0.2) is 72.1 Å². The maximum absolute atomic E-state index is 12.3. The second kappa shape index (κ2) is 10.7. The number of carbonyl (C=O) groups is 4. The average molecular weight is 398 g/mol. The number of piperazine rings is 1. The van der Waals surface area contributed by atoms with Gasteiger partial charge in [0.25, 0.3) is 0 Å². The highest BCUT2D eigenvalue weighted by atomic mass is 16.4. The largest absolute Gasteiger partial charge is 0.548 e. The summed E-state index contributed by atoms with van der Waals surface area (Å²) in [5, 5.41) is 27.4. The first kappa shape index (κ1) is 23.5. The van der Waals surface area contributed by atoms with E-state index < -0.39 is 36.1 Å². The van der Waals surface area contributed by atoms with Gasteiger partial charge in [0.2, 0.25) is 0 Å². The Hall–Kier alpha value is -2.52. The molecular formula is C18H30N4O6-2. The molecule has 4 atom stereocenters. The third kappa shape index (κ3) is 6.28. The zero-order chi connectivity index (χ0) is 21.4. The number of carboxylic acids is 2. The van der Waals surface area contributed by atoms with Crippen molar-refractivity contribution < 1.29 is 29.4 Å². The van der Waals surface area contributed by atoms with E-state index in [9.17, 15) is 29.4 Å². The fourth-order valence-corrected chi connectivity index (χ4v) is 2.90. The number of hydrogen-bond acceptors (Lipinski definition) is 6. The number of rotatable bonds is 8. The maximum atomic E-state index is 12.3. The van der Waals surface area contributed by atoms with Crippen molar-refractivity contribution >= 4 is 24.0 Å². The summed E-state index contributed by atoms with van der Waals surface area (Å²) in [5.74, 6) is -3.22. The molecule has 10 heteroatoms. The smallest absolute Gasteiger partial charge is 0.318 e. The van der Waals surface area contributed by atoms with Crippen LogP contribution in [0.1, 0.15) is 40.5 Å². The first-order valence-electron chi connectivity index (χ1n) is 9.64. The fraction of sp³-hybridized carbons (Fsp3) is 0.778. The Labute approximate surface area is 165 Å². The molecule has 0 saturated carbocycles. The first-order chi connectivity index (χ1) is 13.1. The van der Waals surface area contributed by atoms with Gasteiger partial charge in [-0.2, -0.15) is 0 Å². The van der Waals surface area contributed by atoms with E-state index in [-0.39, 0.29) is 38.0 Å². The van der Waals surface area contributed by atoms with Gasteiger partial charge in [0.15, 0.2) is 0 Å². The number of nitrogens with one attached hydrogen (secondary N) is 2. The number of aliphatic carboxylic acids is 2. The Kier molecular flexibility index (Phi) is 9.01. The molecule has 1 fully saturated rings. The quantitative estimate of drug-likeness (QED) is 0.501. The summed E-state index contributed by atoms with van der Waals surface area (Å²) >= 11 is 0. The minimum absolute atomic E-state index is 0.207. The van der Waals surface area contributed by atoms with Gasteiger partial charge in [0, 0.05) is 26.2 Å². The number of urea groups is 2. The lowest BCUT2D eigenvalue weighted by Crippen LogP contribution is -2.60. The zero-order valence-electron chi connectivity index (χ0n) is 16.9. The Morgan fingerprint density at radius 3 is 1.25 bits per heavy atom. The Morgan fingerprint density at radius 2 is 1.04 bits per heavy atom. The monoisotopic (exact) mass is 398 g/mol. The first-order valence-corrected chi connectivity index (χ1v) is 9.64. The summed E-state index contributed by atoms with van der Waals surface area (Å²) in [6, 6.07) is -3.22. The molecule has 10 nitrogen and oxygen atoms in total. The summed E-state index contributed by atoms with van der Waals surface area (Å²) in [4.78, 5) is 50.0. The van der Waals surface area contributed by atoms with Gasteiger partial charge in [-0.15, -0.1) is 0 Å². The van der Waals surface area contributed by atoms with Crippen molar-refractivity contribution in [2.45, 2.75) is 52.6 Å². The molecule has 0 bridgehead atoms. The van der Waals surface area contributed by atoms with E-state index in [2.05, 4.69) is 10.6 Å². The van der Waals surface area contributed by atoms with E-state index in [0.29, 0.717) is 12.8 Å². The summed E-state index contributed by atoms with van der Waals surface area (Å²) in [6.45, 7) is 7.91. The molecule has 0 radical (unpaired) electrons. The van der Waals surface area contributed by atoms with E-state index in [1.165, 1.54) is 9.80 Å². The molecule has 0 spiro atoms. The van der Waals surface area contributed by atoms with Crippen LogP contribution >= 0.6 is 0 Å². The van der Waals surface area contributed by atoms with Gasteiger partial charge in [-0.05, 0) is 11.8 Å². The van der Waals surface area contributed by atoms with Crippen LogP contribution in [0.2, 0.25) is 0 Å². The van der Waals surface area contributed by atoms with Gasteiger partial charge < -0.3 is 40.2 Å². The molecule has 1 heterocycles. The Morgan fingerprint density at radius 1 is 0.750 bits per heavy atom. The topological polar surface area (TPSA) is 145 Å². The van der Waals surface area contributed by atoms with Crippen molar-refractivity contribution in [3.05, 3.63) is 0 Å². The summed E-state index contributed by atoms with van der Waals surface area (Å²) in [6.07, 6.45) is 1.14. The van der Waals surface area contributed by atoms with Gasteiger partial charge >= 0.3 is 12.1 Å². The lowest BCUT2D eigenvalue weighted by atomic mass is 9.99. The highest BCUT2D eigenvalue weighted by Gasteiger charge is 2.29. The Balaban J connectivity index is 2.59. The highest BCUT2D eigenvalue weighted by molar-refractivity contribution is 5.83. The van der Waals surface area contributed by atoms with Crippen LogP contribution in [0.3, 0.4) is 0 Å². The van der Waals surface area contributed by atoms with Crippen LogP contribution in [-0.2, 0) is 9.59 Å². The molecule has 0 aromatic carbocycles. The van der Waals surface area contributed by atoms with Crippen molar-refractivity contribution in [3.63, 3.8) is 0 Å². The van der Waals surface area contributed by atoms with Gasteiger partial charge in [-0.3, -0.25) is 0 Å². The third-order valence-electron chi connectivity index (χ3n) is 5.35. The summed E-state index contributed by atoms with van der Waals surface area (Å²) in [7, 11) is 0. The van der Waals surface area contributed by atoms with E-state index >= 15 is 0 Å². The van der Waals surface area contributed by atoms with Gasteiger partial charge in [0.1, 0.15) is 0 Å². The van der Waals surface area contributed by atoms with E-state index in [1.54, 1.807) is 13.8 Å². The number of carbonyl (C=O) groups excluding carboxylic acids is 4. The number of nitrogens with zero attached hydrogens (tertiary/aromatic N) is 2. The predicted molar refractivity (Wildman–Crippen MR) is 96.7 cm³/mol. The van der Waals surface area contributed by atoms with Gasteiger partial charge in [-0.25, -0.2) is 9.59 Å². The third-order valence-corrected chi connectivity index (χ3v) is 5.35. The van der Waals surface area contributed by atoms with Crippen molar-refractivity contribution in [2.75, 3.05) is 26.2 Å². The second-order valence-electron chi connectivity index (χ2n) is 7.24. The SMILES string of the molecule is CC[C@H](C)[C@H](NC(=O)N1CCN(C(=O)N[C@H](C(=O)[O-])[C@@H](C)CC)CC1)C(=O)[O-]. The van der Waals surface area contributed by atoms with Crippen LogP contribution in [0.5, 0.6) is 0 Å². The predicted octanol–water partition coefficient (Wildman–Crippen LogP) is -1.65. The van der Waals surface area contributed by atoms with Crippen LogP contribution < -0.4 is 20.8 Å². The van der Waals surface area contributed by atoms with Crippen LogP contribution in [0.25, 0.3) is 0 Å². The van der Waals surface area contributed by atoms with Gasteiger partial charge in [-0.1, -0.05) is 40.5 Å². The lowest BCUT2D eigenvalue weighted by Gasteiger charge is -2.37. The molecular weight excluding hydrogens is 368 g/mol. The van der Waals surface area contributed by atoms with Crippen molar-refractivity contribution in [1.82, 2.24) is 20.4 Å². The average Bonchev–Trinajstić information content (AvgIpc) is 2.68. The van der Waals surface area contributed by atoms with Crippen LogP contribution in [0, 0.1) is 11.8 Å². The van der Waals surface area contributed by atoms with E-state index in [4.69, 9.17) is 0 Å². The van der Waals surface area contributed by atoms with Crippen molar-refractivity contribution in [2.24, 2.45) is 11.8 Å². The normalized spacial score (nSPS) is 18.6. The van der Waals surface area contributed by atoms with Crippen LogP contribution in [0.4, 0.5) is 9.59 Å². The van der Waals surface area contributed by atoms with Crippen LogP contribution in [0.15, 0.2) is 0 Å².